The van der Waals surface area contributed by atoms with Crippen molar-refractivity contribution in [1.29, 1.82) is 0 Å². The van der Waals surface area contributed by atoms with Crippen molar-refractivity contribution >= 4 is 17.3 Å². The topological polar surface area (TPSA) is 71.4 Å². The maximum atomic E-state index is 12.9. The highest BCUT2D eigenvalue weighted by Gasteiger charge is 2.45. The van der Waals surface area contributed by atoms with Gasteiger partial charge in [0, 0.05) is 32.4 Å². The number of nitrogens with zero attached hydrogens (tertiary/aromatic N) is 2. The van der Waals surface area contributed by atoms with Crippen molar-refractivity contribution < 1.29 is 19.4 Å². The Balaban J connectivity index is 2.31. The standard InChI is InChI=1S/C19H20N2O4/c1-21-16-10-5-4-9-15(16)17(14-8-6-7-13(11-14)12-22)20-19(24-2,25-3)18(21)23/h4-11,22H,12H2,1-3H3. The number of carbonyl (C=O) groups excluding carboxylic acids is 1. The number of aliphatic hydroxyl groups is 1. The van der Waals surface area contributed by atoms with E-state index in [1.54, 1.807) is 7.05 Å². The predicted octanol–water partition coefficient (Wildman–Crippen LogP) is 1.94. The number of amides is 1. The Bertz CT molecular complexity index is 828. The number of aliphatic hydroxyl groups excluding tert-OH is 1. The molecule has 0 bridgehead atoms. The minimum absolute atomic E-state index is 0.0820. The Morgan fingerprint density at radius 1 is 1.12 bits per heavy atom. The fourth-order valence-electron chi connectivity index (χ4n) is 2.93. The number of methoxy groups -OCH3 is 2. The average molecular weight is 340 g/mol. The fraction of sp³-hybridized carbons (Fsp3) is 0.263. The van der Waals surface area contributed by atoms with E-state index in [4.69, 9.17) is 9.47 Å². The third-order valence-corrected chi connectivity index (χ3v) is 4.29. The summed E-state index contributed by atoms with van der Waals surface area (Å²) in [6, 6.07) is 14.9. The van der Waals surface area contributed by atoms with Gasteiger partial charge in [-0.15, -0.1) is 0 Å². The van der Waals surface area contributed by atoms with Crippen LogP contribution in [0.5, 0.6) is 0 Å². The van der Waals surface area contributed by atoms with E-state index in [-0.39, 0.29) is 6.61 Å². The maximum Gasteiger partial charge on any atom is 0.353 e. The van der Waals surface area contributed by atoms with Gasteiger partial charge in [-0.2, -0.15) is 0 Å². The van der Waals surface area contributed by atoms with E-state index < -0.39 is 11.8 Å². The number of para-hydroxylation sites is 1. The first kappa shape index (κ1) is 17.3. The van der Waals surface area contributed by atoms with Gasteiger partial charge >= 0.3 is 11.8 Å². The molecule has 2 aromatic rings. The van der Waals surface area contributed by atoms with E-state index in [1.807, 2.05) is 48.5 Å². The second-order valence-corrected chi connectivity index (χ2v) is 5.69. The van der Waals surface area contributed by atoms with Crippen LogP contribution in [0.4, 0.5) is 5.69 Å². The molecule has 25 heavy (non-hydrogen) atoms. The van der Waals surface area contributed by atoms with Crippen LogP contribution in [0.15, 0.2) is 53.5 Å². The molecule has 1 amide bonds. The van der Waals surface area contributed by atoms with Crippen LogP contribution in [0.1, 0.15) is 16.7 Å². The zero-order valence-electron chi connectivity index (χ0n) is 14.4. The first-order chi connectivity index (χ1) is 12.1. The van der Waals surface area contributed by atoms with E-state index in [9.17, 15) is 9.90 Å². The Hall–Kier alpha value is -2.54. The van der Waals surface area contributed by atoms with Crippen LogP contribution < -0.4 is 4.90 Å². The van der Waals surface area contributed by atoms with E-state index in [2.05, 4.69) is 4.99 Å². The smallest absolute Gasteiger partial charge is 0.353 e. The molecule has 1 N–H and O–H groups in total. The van der Waals surface area contributed by atoms with Crippen molar-refractivity contribution in [3.05, 3.63) is 65.2 Å². The molecule has 6 nitrogen and oxygen atoms in total. The molecular weight excluding hydrogens is 320 g/mol. The van der Waals surface area contributed by atoms with Crippen LogP contribution in [0.25, 0.3) is 0 Å². The van der Waals surface area contributed by atoms with Crippen LogP contribution >= 0.6 is 0 Å². The molecule has 0 unspecified atom stereocenters. The summed E-state index contributed by atoms with van der Waals surface area (Å²) >= 11 is 0. The van der Waals surface area contributed by atoms with Gasteiger partial charge in [-0.1, -0.05) is 36.4 Å². The predicted molar refractivity (Wildman–Crippen MR) is 94.6 cm³/mol. The minimum atomic E-state index is -1.77. The van der Waals surface area contributed by atoms with Gasteiger partial charge in [0.05, 0.1) is 18.0 Å². The molecule has 0 aliphatic carbocycles. The molecule has 1 aliphatic heterocycles. The first-order valence-corrected chi connectivity index (χ1v) is 7.84. The molecule has 6 heteroatoms. The zero-order chi connectivity index (χ0) is 18.0. The second-order valence-electron chi connectivity index (χ2n) is 5.69. The van der Waals surface area contributed by atoms with Gasteiger partial charge in [0.15, 0.2) is 0 Å². The van der Waals surface area contributed by atoms with E-state index in [1.165, 1.54) is 19.1 Å². The third kappa shape index (κ3) is 2.84. The summed E-state index contributed by atoms with van der Waals surface area (Å²) in [6.45, 7) is -0.0820. The number of benzodiazepines with no additional fused rings is 1. The SMILES string of the molecule is COC1(OC)N=C(c2cccc(CO)c2)c2ccccc2N(C)C1=O. The molecule has 0 radical (unpaired) electrons. The van der Waals surface area contributed by atoms with E-state index >= 15 is 0 Å². The van der Waals surface area contributed by atoms with E-state index in [0.29, 0.717) is 11.4 Å². The van der Waals surface area contributed by atoms with Crippen molar-refractivity contribution in [3.63, 3.8) is 0 Å². The van der Waals surface area contributed by atoms with Crippen LogP contribution in [0.3, 0.4) is 0 Å². The zero-order valence-corrected chi connectivity index (χ0v) is 14.4. The number of rotatable bonds is 4. The summed E-state index contributed by atoms with van der Waals surface area (Å²) in [5.74, 6) is -2.18. The van der Waals surface area contributed by atoms with Crippen LogP contribution in [-0.2, 0) is 20.9 Å². The van der Waals surface area contributed by atoms with Crippen LogP contribution in [0.2, 0.25) is 0 Å². The number of anilines is 1. The molecule has 2 aromatic carbocycles. The third-order valence-electron chi connectivity index (χ3n) is 4.29. The Kier molecular flexibility index (Phi) is 4.67. The van der Waals surface area contributed by atoms with Gasteiger partial charge in [0.1, 0.15) is 0 Å². The molecule has 0 spiro atoms. The number of hydrogen-bond acceptors (Lipinski definition) is 5. The van der Waals surface area contributed by atoms with Crippen molar-refractivity contribution in [1.82, 2.24) is 0 Å². The number of carbonyl (C=O) groups is 1. The lowest BCUT2D eigenvalue weighted by Crippen LogP contribution is -2.48. The van der Waals surface area contributed by atoms with Crippen LogP contribution in [-0.4, -0.2) is 43.9 Å². The van der Waals surface area contributed by atoms with Crippen LogP contribution in [0, 0.1) is 0 Å². The lowest BCUT2D eigenvalue weighted by atomic mass is 9.99. The monoisotopic (exact) mass is 340 g/mol. The summed E-state index contributed by atoms with van der Waals surface area (Å²) in [5.41, 5.74) is 3.57. The molecule has 130 valence electrons. The first-order valence-electron chi connectivity index (χ1n) is 7.84. The number of aliphatic imine (C=N–C) groups is 1. The second kappa shape index (κ2) is 6.76. The Labute approximate surface area is 146 Å². The number of likely N-dealkylation sites (N-methyl/N-ethyl adjacent to an activating group) is 1. The molecular formula is C19H20N2O4. The van der Waals surface area contributed by atoms with Crippen molar-refractivity contribution in [2.24, 2.45) is 4.99 Å². The lowest BCUT2D eigenvalue weighted by molar-refractivity contribution is -0.202. The van der Waals surface area contributed by atoms with Gasteiger partial charge in [-0.05, 0) is 17.7 Å². The quantitative estimate of drug-likeness (QED) is 0.864. The Morgan fingerprint density at radius 3 is 2.52 bits per heavy atom. The number of ether oxygens (including phenoxy) is 2. The molecule has 0 atom stereocenters. The van der Waals surface area contributed by atoms with Crippen molar-refractivity contribution in [2.75, 3.05) is 26.2 Å². The molecule has 0 fully saturated rings. The van der Waals surface area contributed by atoms with E-state index in [0.717, 1.165) is 16.7 Å². The average Bonchev–Trinajstić information content (AvgIpc) is 2.77. The molecule has 1 heterocycles. The lowest BCUT2D eigenvalue weighted by Gasteiger charge is -2.27. The Morgan fingerprint density at radius 2 is 1.84 bits per heavy atom. The largest absolute Gasteiger partial charge is 0.392 e. The summed E-state index contributed by atoms with van der Waals surface area (Å²) in [4.78, 5) is 19.0. The fourth-order valence-corrected chi connectivity index (χ4v) is 2.93. The number of hydrogen-bond donors (Lipinski definition) is 1. The minimum Gasteiger partial charge on any atom is -0.392 e. The summed E-state index contributed by atoms with van der Waals surface area (Å²) in [7, 11) is 4.43. The van der Waals surface area contributed by atoms with Gasteiger partial charge in [-0.3, -0.25) is 4.79 Å². The highest BCUT2D eigenvalue weighted by Crippen LogP contribution is 2.32. The highest BCUT2D eigenvalue weighted by atomic mass is 16.7. The molecule has 0 saturated heterocycles. The number of fused-ring (bicyclic) bond motifs is 1. The van der Waals surface area contributed by atoms with Crippen molar-refractivity contribution in [2.45, 2.75) is 12.5 Å². The molecule has 0 aromatic heterocycles. The van der Waals surface area contributed by atoms with Crippen molar-refractivity contribution in [3.8, 4) is 0 Å². The normalized spacial score (nSPS) is 16.2. The highest BCUT2D eigenvalue weighted by molar-refractivity contribution is 6.20. The van der Waals surface area contributed by atoms with Gasteiger partial charge in [-0.25, -0.2) is 4.99 Å². The van der Waals surface area contributed by atoms with Gasteiger partial charge in [0.25, 0.3) is 0 Å². The number of benzene rings is 2. The summed E-state index contributed by atoms with van der Waals surface area (Å²) in [6.07, 6.45) is 0. The summed E-state index contributed by atoms with van der Waals surface area (Å²) in [5, 5.41) is 9.44. The summed E-state index contributed by atoms with van der Waals surface area (Å²) < 4.78 is 10.8. The molecule has 3 rings (SSSR count). The molecule has 1 aliphatic rings. The van der Waals surface area contributed by atoms with Gasteiger partial charge < -0.3 is 19.5 Å². The molecule has 0 saturated carbocycles. The van der Waals surface area contributed by atoms with Gasteiger partial charge in [0.2, 0.25) is 0 Å². The maximum absolute atomic E-state index is 12.9.